The Labute approximate surface area is 135 Å². The molecule has 0 fully saturated rings. The van der Waals surface area contributed by atoms with Crippen LogP contribution in [0.4, 0.5) is 20.6 Å². The summed E-state index contributed by atoms with van der Waals surface area (Å²) in [6.07, 6.45) is -0.585. The maximum atomic E-state index is 14.2. The minimum absolute atomic E-state index is 0.278. The number of hydrogen-bond donors (Lipinski definition) is 2. The van der Waals surface area contributed by atoms with Crippen LogP contribution in [-0.2, 0) is 4.74 Å². The average molecular weight is 316 g/mol. The van der Waals surface area contributed by atoms with E-state index in [1.54, 1.807) is 64.1 Å². The van der Waals surface area contributed by atoms with Crippen molar-refractivity contribution in [3.8, 4) is 11.1 Å². The number of hydrogen-bond acceptors (Lipinski definition) is 3. The summed E-state index contributed by atoms with van der Waals surface area (Å²) in [6, 6.07) is 10.2. The molecule has 0 unspecified atom stereocenters. The smallest absolute Gasteiger partial charge is 0.412 e. The number of anilines is 2. The zero-order chi connectivity index (χ0) is 17.2. The Kier molecular flexibility index (Phi) is 4.59. The molecule has 0 aromatic heterocycles. The Hall–Kier alpha value is -2.56. The fraction of sp³-hybridized carbons (Fsp3) is 0.278. The number of nitrogen functional groups attached to an aromatic ring is 1. The molecule has 122 valence electrons. The van der Waals surface area contributed by atoms with Crippen molar-refractivity contribution in [1.29, 1.82) is 0 Å². The van der Waals surface area contributed by atoms with Gasteiger partial charge in [-0.25, -0.2) is 9.18 Å². The summed E-state index contributed by atoms with van der Waals surface area (Å²) >= 11 is 0. The zero-order valence-electron chi connectivity index (χ0n) is 13.7. The second-order valence-corrected chi connectivity index (χ2v) is 6.37. The van der Waals surface area contributed by atoms with Gasteiger partial charge in [0.2, 0.25) is 0 Å². The molecule has 0 aliphatic heterocycles. The Bertz CT molecular complexity index is 736. The lowest BCUT2D eigenvalue weighted by atomic mass is 10.0. The van der Waals surface area contributed by atoms with Crippen LogP contribution in [0.3, 0.4) is 0 Å². The molecule has 0 spiro atoms. The van der Waals surface area contributed by atoms with E-state index in [4.69, 9.17) is 10.5 Å². The molecule has 0 radical (unpaired) electrons. The van der Waals surface area contributed by atoms with Gasteiger partial charge in [0.25, 0.3) is 0 Å². The first-order valence-corrected chi connectivity index (χ1v) is 7.32. The van der Waals surface area contributed by atoms with Gasteiger partial charge in [-0.15, -0.1) is 0 Å². The quantitative estimate of drug-likeness (QED) is 0.787. The Balaban J connectivity index is 2.25. The van der Waals surface area contributed by atoms with E-state index in [9.17, 15) is 9.18 Å². The van der Waals surface area contributed by atoms with E-state index in [0.717, 1.165) is 0 Å². The van der Waals surface area contributed by atoms with Crippen molar-refractivity contribution in [3.05, 3.63) is 47.8 Å². The van der Waals surface area contributed by atoms with Gasteiger partial charge < -0.3 is 10.5 Å². The highest BCUT2D eigenvalue weighted by atomic mass is 19.1. The number of carbonyl (C=O) groups is 1. The van der Waals surface area contributed by atoms with Crippen molar-refractivity contribution < 1.29 is 13.9 Å². The van der Waals surface area contributed by atoms with Gasteiger partial charge in [-0.1, -0.05) is 24.3 Å². The molecular weight excluding hydrogens is 295 g/mol. The SMILES string of the molecule is Cc1cccc(-c2ccc(NC(=O)OC(C)(C)C)c(N)c2)c1F. The molecule has 5 heteroatoms. The molecule has 0 aliphatic rings. The topological polar surface area (TPSA) is 64.3 Å². The predicted molar refractivity (Wildman–Crippen MR) is 90.8 cm³/mol. The molecule has 0 aliphatic carbocycles. The highest BCUT2D eigenvalue weighted by molar-refractivity contribution is 5.90. The fourth-order valence-electron chi connectivity index (χ4n) is 2.13. The average Bonchev–Trinajstić information content (AvgIpc) is 2.42. The summed E-state index contributed by atoms with van der Waals surface area (Å²) in [6.45, 7) is 7.04. The lowest BCUT2D eigenvalue weighted by Gasteiger charge is -2.20. The van der Waals surface area contributed by atoms with Crippen molar-refractivity contribution in [3.63, 3.8) is 0 Å². The van der Waals surface area contributed by atoms with E-state index >= 15 is 0 Å². The van der Waals surface area contributed by atoms with Crippen molar-refractivity contribution in [2.24, 2.45) is 0 Å². The first-order chi connectivity index (χ1) is 10.7. The Morgan fingerprint density at radius 2 is 1.91 bits per heavy atom. The summed E-state index contributed by atoms with van der Waals surface area (Å²) in [7, 11) is 0. The van der Waals surface area contributed by atoms with Crippen LogP contribution in [0.2, 0.25) is 0 Å². The molecule has 0 saturated carbocycles. The van der Waals surface area contributed by atoms with Gasteiger partial charge >= 0.3 is 6.09 Å². The van der Waals surface area contributed by atoms with Crippen LogP contribution in [-0.4, -0.2) is 11.7 Å². The molecule has 2 aromatic carbocycles. The van der Waals surface area contributed by atoms with Crippen LogP contribution in [0.1, 0.15) is 26.3 Å². The number of nitrogens with one attached hydrogen (secondary N) is 1. The number of ether oxygens (including phenoxy) is 1. The van der Waals surface area contributed by atoms with Crippen LogP contribution < -0.4 is 11.1 Å². The third-order valence-corrected chi connectivity index (χ3v) is 3.19. The maximum absolute atomic E-state index is 14.2. The molecule has 23 heavy (non-hydrogen) atoms. The van der Waals surface area contributed by atoms with Gasteiger partial charge in [-0.3, -0.25) is 5.32 Å². The van der Waals surface area contributed by atoms with E-state index in [1.807, 2.05) is 0 Å². The molecule has 2 aromatic rings. The number of benzene rings is 2. The van der Waals surface area contributed by atoms with Crippen molar-refractivity contribution in [2.75, 3.05) is 11.1 Å². The first kappa shape index (κ1) is 16.8. The normalized spacial score (nSPS) is 11.2. The second kappa shape index (κ2) is 6.28. The number of aryl methyl sites for hydroxylation is 1. The number of carbonyl (C=O) groups excluding carboxylic acids is 1. The maximum Gasteiger partial charge on any atom is 0.412 e. The van der Waals surface area contributed by atoms with Crippen LogP contribution in [0.15, 0.2) is 36.4 Å². The van der Waals surface area contributed by atoms with Crippen LogP contribution >= 0.6 is 0 Å². The monoisotopic (exact) mass is 316 g/mol. The summed E-state index contributed by atoms with van der Waals surface area (Å²) in [5, 5.41) is 2.59. The summed E-state index contributed by atoms with van der Waals surface area (Å²) in [5.74, 6) is -0.278. The van der Waals surface area contributed by atoms with E-state index in [0.29, 0.717) is 28.1 Å². The lowest BCUT2D eigenvalue weighted by molar-refractivity contribution is 0.0636. The highest BCUT2D eigenvalue weighted by Gasteiger charge is 2.17. The molecule has 0 heterocycles. The number of amides is 1. The molecular formula is C18H21FN2O2. The van der Waals surface area contributed by atoms with Crippen LogP contribution in [0.25, 0.3) is 11.1 Å². The number of halogens is 1. The van der Waals surface area contributed by atoms with Gasteiger partial charge in [-0.2, -0.15) is 0 Å². The molecule has 0 atom stereocenters. The van der Waals surface area contributed by atoms with Crippen LogP contribution in [0.5, 0.6) is 0 Å². The van der Waals surface area contributed by atoms with E-state index < -0.39 is 11.7 Å². The van der Waals surface area contributed by atoms with Crippen molar-refractivity contribution in [1.82, 2.24) is 0 Å². The predicted octanol–water partition coefficient (Wildman–Crippen LogP) is 4.73. The third-order valence-electron chi connectivity index (χ3n) is 3.19. The summed E-state index contributed by atoms with van der Waals surface area (Å²) in [4.78, 5) is 11.8. The molecule has 0 bridgehead atoms. The fourth-order valence-corrected chi connectivity index (χ4v) is 2.13. The van der Waals surface area contributed by atoms with E-state index in [-0.39, 0.29) is 5.82 Å². The number of rotatable bonds is 2. The van der Waals surface area contributed by atoms with E-state index in [1.165, 1.54) is 0 Å². The minimum atomic E-state index is -0.594. The summed E-state index contributed by atoms with van der Waals surface area (Å²) < 4.78 is 19.4. The van der Waals surface area contributed by atoms with Gasteiger partial charge in [0.05, 0.1) is 11.4 Å². The molecule has 3 N–H and O–H groups in total. The molecule has 4 nitrogen and oxygen atoms in total. The highest BCUT2D eigenvalue weighted by Crippen LogP contribution is 2.30. The second-order valence-electron chi connectivity index (χ2n) is 6.37. The third kappa shape index (κ3) is 4.22. The molecule has 1 amide bonds. The number of nitrogens with two attached hydrogens (primary N) is 1. The first-order valence-electron chi connectivity index (χ1n) is 7.32. The lowest BCUT2D eigenvalue weighted by Crippen LogP contribution is -2.27. The van der Waals surface area contributed by atoms with Gasteiger partial charge in [-0.05, 0) is 51.0 Å². The van der Waals surface area contributed by atoms with E-state index in [2.05, 4.69) is 5.32 Å². The zero-order valence-corrected chi connectivity index (χ0v) is 13.7. The largest absolute Gasteiger partial charge is 0.444 e. The standard InChI is InChI=1S/C18H21FN2O2/c1-11-6-5-7-13(16(11)19)12-8-9-15(14(20)10-12)21-17(22)23-18(2,3)4/h5-10H,20H2,1-4H3,(H,21,22). The molecule has 0 saturated heterocycles. The Morgan fingerprint density at radius 1 is 1.22 bits per heavy atom. The van der Waals surface area contributed by atoms with Gasteiger partial charge in [0, 0.05) is 5.56 Å². The van der Waals surface area contributed by atoms with Gasteiger partial charge in [0.1, 0.15) is 11.4 Å². The minimum Gasteiger partial charge on any atom is -0.444 e. The van der Waals surface area contributed by atoms with Crippen molar-refractivity contribution in [2.45, 2.75) is 33.3 Å². The van der Waals surface area contributed by atoms with Crippen molar-refractivity contribution >= 4 is 17.5 Å². The van der Waals surface area contributed by atoms with Crippen LogP contribution in [0, 0.1) is 12.7 Å². The Morgan fingerprint density at radius 3 is 2.52 bits per heavy atom. The van der Waals surface area contributed by atoms with Gasteiger partial charge in [0.15, 0.2) is 0 Å². The molecule has 2 rings (SSSR count). The summed E-state index contributed by atoms with van der Waals surface area (Å²) in [5.41, 5.74) is 7.83.